The Morgan fingerprint density at radius 1 is 1.22 bits per heavy atom. The van der Waals surface area contributed by atoms with Crippen molar-refractivity contribution >= 4 is 12.0 Å². The van der Waals surface area contributed by atoms with Crippen LogP contribution in [-0.4, -0.2) is 28.7 Å². The van der Waals surface area contributed by atoms with Crippen molar-refractivity contribution in [2.45, 2.75) is 65.5 Å². The third-order valence-electron chi connectivity index (χ3n) is 3.16. The van der Waals surface area contributed by atoms with Crippen molar-refractivity contribution in [2.75, 3.05) is 0 Å². The van der Waals surface area contributed by atoms with Gasteiger partial charge in [0, 0.05) is 11.6 Å². The molecule has 0 saturated heterocycles. The number of urea groups is 1. The molecule has 0 saturated carbocycles. The van der Waals surface area contributed by atoms with Crippen LogP contribution in [0.4, 0.5) is 4.79 Å². The predicted molar refractivity (Wildman–Crippen MR) is 71.5 cm³/mol. The molecular weight excluding hydrogens is 232 g/mol. The van der Waals surface area contributed by atoms with Crippen LogP contribution in [0.3, 0.4) is 0 Å². The summed E-state index contributed by atoms with van der Waals surface area (Å²) in [6.45, 7) is 9.56. The van der Waals surface area contributed by atoms with Crippen LogP contribution in [0.1, 0.15) is 53.9 Å². The fourth-order valence-corrected chi connectivity index (χ4v) is 2.09. The van der Waals surface area contributed by atoms with E-state index in [9.17, 15) is 9.59 Å². The van der Waals surface area contributed by atoms with Gasteiger partial charge in [0.25, 0.3) is 0 Å². The fourth-order valence-electron chi connectivity index (χ4n) is 2.09. The molecule has 0 aliphatic heterocycles. The standard InChI is InChI=1S/C13H26N2O3/c1-6-10(7-2)9(3)14-12(18)15-13(4,5)8-11(16)17/h9-10H,6-8H2,1-5H3,(H,16,17)(H2,14,15,18). The van der Waals surface area contributed by atoms with Crippen LogP contribution in [-0.2, 0) is 4.79 Å². The van der Waals surface area contributed by atoms with Crippen molar-refractivity contribution in [3.8, 4) is 0 Å². The molecule has 1 unspecified atom stereocenters. The molecule has 3 N–H and O–H groups in total. The SMILES string of the molecule is CCC(CC)C(C)NC(=O)NC(C)(C)CC(=O)O. The quantitative estimate of drug-likeness (QED) is 0.656. The molecule has 0 bridgehead atoms. The zero-order valence-electron chi connectivity index (χ0n) is 12.0. The normalized spacial score (nSPS) is 13.2. The maximum Gasteiger partial charge on any atom is 0.315 e. The summed E-state index contributed by atoms with van der Waals surface area (Å²) in [5.74, 6) is -0.480. The first kappa shape index (κ1) is 16.7. The Hall–Kier alpha value is -1.26. The Morgan fingerprint density at radius 2 is 1.72 bits per heavy atom. The minimum Gasteiger partial charge on any atom is -0.481 e. The number of carboxylic acids is 1. The first-order chi connectivity index (χ1) is 8.21. The molecule has 0 aromatic carbocycles. The summed E-state index contributed by atoms with van der Waals surface area (Å²) in [5.41, 5.74) is -0.746. The van der Waals surface area contributed by atoms with Gasteiger partial charge in [-0.25, -0.2) is 4.79 Å². The summed E-state index contributed by atoms with van der Waals surface area (Å²) in [7, 11) is 0. The topological polar surface area (TPSA) is 78.4 Å². The van der Waals surface area contributed by atoms with Crippen molar-refractivity contribution in [3.63, 3.8) is 0 Å². The van der Waals surface area contributed by atoms with Crippen molar-refractivity contribution in [1.82, 2.24) is 10.6 Å². The van der Waals surface area contributed by atoms with Gasteiger partial charge in [0.1, 0.15) is 0 Å². The Kier molecular flexibility index (Phi) is 6.73. The van der Waals surface area contributed by atoms with Gasteiger partial charge in [-0.15, -0.1) is 0 Å². The van der Waals surface area contributed by atoms with Crippen LogP contribution >= 0.6 is 0 Å². The van der Waals surface area contributed by atoms with Gasteiger partial charge in [-0.05, 0) is 26.7 Å². The number of hydrogen-bond acceptors (Lipinski definition) is 2. The lowest BCUT2D eigenvalue weighted by Crippen LogP contribution is -2.52. The molecular formula is C13H26N2O3. The van der Waals surface area contributed by atoms with Gasteiger partial charge in [-0.3, -0.25) is 4.79 Å². The van der Waals surface area contributed by atoms with Crippen molar-refractivity contribution in [1.29, 1.82) is 0 Å². The number of rotatable bonds is 7. The van der Waals surface area contributed by atoms with Crippen LogP contribution in [0, 0.1) is 5.92 Å². The summed E-state index contributed by atoms with van der Waals surface area (Å²) < 4.78 is 0. The highest BCUT2D eigenvalue weighted by Crippen LogP contribution is 2.13. The third kappa shape index (κ3) is 6.47. The van der Waals surface area contributed by atoms with Crippen LogP contribution in [0.2, 0.25) is 0 Å². The van der Waals surface area contributed by atoms with Crippen molar-refractivity contribution < 1.29 is 14.7 Å². The van der Waals surface area contributed by atoms with Crippen LogP contribution in [0.25, 0.3) is 0 Å². The summed E-state index contributed by atoms with van der Waals surface area (Å²) in [4.78, 5) is 22.4. The van der Waals surface area contributed by atoms with E-state index in [0.29, 0.717) is 5.92 Å². The highest BCUT2D eigenvalue weighted by Gasteiger charge is 2.25. The van der Waals surface area contributed by atoms with Crippen LogP contribution < -0.4 is 10.6 Å². The summed E-state index contributed by atoms with van der Waals surface area (Å²) in [6.07, 6.45) is 1.92. The van der Waals surface area contributed by atoms with Gasteiger partial charge in [-0.1, -0.05) is 26.7 Å². The summed E-state index contributed by atoms with van der Waals surface area (Å²) in [5, 5.41) is 14.3. The third-order valence-corrected chi connectivity index (χ3v) is 3.16. The maximum atomic E-state index is 11.8. The van der Waals surface area contributed by atoms with E-state index in [1.54, 1.807) is 13.8 Å². The second-order valence-corrected chi connectivity index (χ2v) is 5.42. The van der Waals surface area contributed by atoms with Gasteiger partial charge in [-0.2, -0.15) is 0 Å². The smallest absolute Gasteiger partial charge is 0.315 e. The summed E-state index contributed by atoms with van der Waals surface area (Å²) in [6, 6.07) is -0.221. The van der Waals surface area contributed by atoms with E-state index in [0.717, 1.165) is 12.8 Å². The molecule has 0 aromatic heterocycles. The lowest BCUT2D eigenvalue weighted by Gasteiger charge is -2.28. The van der Waals surface area contributed by atoms with Gasteiger partial charge >= 0.3 is 12.0 Å². The lowest BCUT2D eigenvalue weighted by atomic mass is 9.95. The van der Waals surface area contributed by atoms with Crippen LogP contribution in [0.15, 0.2) is 0 Å². The van der Waals surface area contributed by atoms with Gasteiger partial charge in [0.2, 0.25) is 0 Å². The first-order valence-electron chi connectivity index (χ1n) is 6.52. The van der Waals surface area contributed by atoms with Gasteiger partial charge in [0.05, 0.1) is 6.42 Å². The molecule has 106 valence electrons. The van der Waals surface area contributed by atoms with Crippen molar-refractivity contribution in [3.05, 3.63) is 0 Å². The Morgan fingerprint density at radius 3 is 2.11 bits per heavy atom. The number of amides is 2. The molecule has 0 aliphatic carbocycles. The van der Waals surface area contributed by atoms with Gasteiger partial charge < -0.3 is 15.7 Å². The minimum atomic E-state index is -0.923. The van der Waals surface area contributed by atoms with E-state index >= 15 is 0 Å². The molecule has 0 heterocycles. The number of aliphatic carboxylic acids is 1. The molecule has 0 aliphatic rings. The lowest BCUT2D eigenvalue weighted by molar-refractivity contribution is -0.138. The zero-order chi connectivity index (χ0) is 14.3. The van der Waals surface area contributed by atoms with E-state index in [1.165, 1.54) is 0 Å². The Bertz CT molecular complexity index is 286. The van der Waals surface area contributed by atoms with Crippen LogP contribution in [0.5, 0.6) is 0 Å². The number of carboxylic acid groups (broad SMARTS) is 1. The minimum absolute atomic E-state index is 0.0839. The Labute approximate surface area is 109 Å². The predicted octanol–water partition coefficient (Wildman–Crippen LogP) is 2.36. The second kappa shape index (κ2) is 7.24. The number of hydrogen-bond donors (Lipinski definition) is 3. The largest absolute Gasteiger partial charge is 0.481 e. The highest BCUT2D eigenvalue weighted by molar-refractivity contribution is 5.76. The molecule has 0 radical (unpaired) electrons. The fraction of sp³-hybridized carbons (Fsp3) is 0.846. The molecule has 5 nitrogen and oxygen atoms in total. The van der Waals surface area contributed by atoms with E-state index < -0.39 is 11.5 Å². The highest BCUT2D eigenvalue weighted by atomic mass is 16.4. The molecule has 18 heavy (non-hydrogen) atoms. The molecule has 0 aromatic rings. The molecule has 0 rings (SSSR count). The number of carbonyl (C=O) groups is 2. The number of carbonyl (C=O) groups excluding carboxylic acids is 1. The first-order valence-corrected chi connectivity index (χ1v) is 6.52. The average molecular weight is 258 g/mol. The molecule has 2 amide bonds. The molecule has 5 heteroatoms. The van der Waals surface area contributed by atoms with Gasteiger partial charge in [0.15, 0.2) is 0 Å². The Balaban J connectivity index is 4.29. The van der Waals surface area contributed by atoms with E-state index in [1.807, 2.05) is 6.92 Å². The monoisotopic (exact) mass is 258 g/mol. The van der Waals surface area contributed by atoms with E-state index in [2.05, 4.69) is 24.5 Å². The number of nitrogens with one attached hydrogen (secondary N) is 2. The zero-order valence-corrected chi connectivity index (χ0v) is 12.0. The average Bonchev–Trinajstić information content (AvgIpc) is 2.15. The molecule has 0 fully saturated rings. The molecule has 0 spiro atoms. The second-order valence-electron chi connectivity index (χ2n) is 5.42. The molecule has 1 atom stereocenters. The summed E-state index contributed by atoms with van der Waals surface area (Å²) >= 11 is 0. The maximum absolute atomic E-state index is 11.8. The van der Waals surface area contributed by atoms with Crippen molar-refractivity contribution in [2.24, 2.45) is 5.92 Å². The van der Waals surface area contributed by atoms with E-state index in [4.69, 9.17) is 5.11 Å². The van der Waals surface area contributed by atoms with E-state index in [-0.39, 0.29) is 18.5 Å².